The van der Waals surface area contributed by atoms with E-state index in [4.69, 9.17) is 9.15 Å². The van der Waals surface area contributed by atoms with Gasteiger partial charge in [0.15, 0.2) is 0 Å². The molecule has 1 aliphatic carbocycles. The second kappa shape index (κ2) is 8.53. The van der Waals surface area contributed by atoms with Gasteiger partial charge in [-0.3, -0.25) is 0 Å². The Bertz CT molecular complexity index is 982. The molecule has 1 saturated heterocycles. The summed E-state index contributed by atoms with van der Waals surface area (Å²) in [7, 11) is -3.55. The maximum absolute atomic E-state index is 12.7. The summed E-state index contributed by atoms with van der Waals surface area (Å²) in [5, 5.41) is 12.7. The Kier molecular flexibility index (Phi) is 5.85. The predicted octanol–water partition coefficient (Wildman–Crippen LogP) is 2.98. The number of rotatable bonds is 5. The van der Waals surface area contributed by atoms with E-state index in [1.54, 1.807) is 24.3 Å². The van der Waals surface area contributed by atoms with Crippen molar-refractivity contribution in [3.8, 4) is 17.5 Å². The van der Waals surface area contributed by atoms with E-state index in [1.807, 2.05) is 0 Å². The highest BCUT2D eigenvalue weighted by Gasteiger charge is 2.26. The first-order valence-electron chi connectivity index (χ1n) is 9.94. The molecule has 154 valence electrons. The number of benzene rings is 1. The number of ether oxygens (including phenoxy) is 1. The molecule has 1 aliphatic heterocycles. The van der Waals surface area contributed by atoms with Crippen LogP contribution >= 0.6 is 0 Å². The molecule has 0 spiro atoms. The van der Waals surface area contributed by atoms with Crippen molar-refractivity contribution in [2.45, 2.75) is 43.0 Å². The molecule has 0 unspecified atom stereocenters. The minimum Gasteiger partial charge on any atom is -0.419 e. The van der Waals surface area contributed by atoms with Gasteiger partial charge in [-0.05, 0) is 37.1 Å². The molecular formula is C20H24N4O4S. The van der Waals surface area contributed by atoms with Gasteiger partial charge >= 0.3 is 0 Å². The Morgan fingerprint density at radius 2 is 1.79 bits per heavy atom. The van der Waals surface area contributed by atoms with Crippen LogP contribution in [0.4, 0.5) is 5.88 Å². The van der Waals surface area contributed by atoms with Crippen molar-refractivity contribution in [2.75, 3.05) is 31.6 Å². The molecule has 2 aromatic rings. The quantitative estimate of drug-likeness (QED) is 0.798. The van der Waals surface area contributed by atoms with Crippen molar-refractivity contribution in [1.82, 2.24) is 9.29 Å². The average Bonchev–Trinajstić information content (AvgIpc) is 3.18. The summed E-state index contributed by atoms with van der Waals surface area (Å²) in [6.45, 7) is 1.51. The molecule has 1 aromatic heterocycles. The van der Waals surface area contributed by atoms with Crippen molar-refractivity contribution in [1.29, 1.82) is 5.26 Å². The van der Waals surface area contributed by atoms with Gasteiger partial charge in [-0.2, -0.15) is 14.6 Å². The summed E-state index contributed by atoms with van der Waals surface area (Å²) in [6.07, 6.45) is 5.67. The lowest BCUT2D eigenvalue weighted by Crippen LogP contribution is -2.40. The molecule has 0 amide bonds. The first kappa shape index (κ1) is 19.9. The van der Waals surface area contributed by atoms with E-state index in [0.717, 1.165) is 12.8 Å². The third-order valence-electron chi connectivity index (χ3n) is 5.38. The lowest BCUT2D eigenvalue weighted by molar-refractivity contribution is 0.0730. The fourth-order valence-corrected chi connectivity index (χ4v) is 5.16. The van der Waals surface area contributed by atoms with E-state index in [0.29, 0.717) is 43.6 Å². The number of aromatic nitrogens is 1. The number of sulfonamides is 1. The van der Waals surface area contributed by atoms with Gasteiger partial charge in [-0.15, -0.1) is 0 Å². The molecule has 1 N–H and O–H groups in total. The second-order valence-electron chi connectivity index (χ2n) is 7.33. The maximum Gasteiger partial charge on any atom is 0.243 e. The van der Waals surface area contributed by atoms with Gasteiger partial charge in [-0.25, -0.2) is 8.42 Å². The fraction of sp³-hybridized carbons (Fsp3) is 0.500. The molecule has 2 aliphatic rings. The Labute approximate surface area is 170 Å². The van der Waals surface area contributed by atoms with Crippen LogP contribution < -0.4 is 5.32 Å². The van der Waals surface area contributed by atoms with Crippen LogP contribution in [0.1, 0.15) is 37.8 Å². The predicted molar refractivity (Wildman–Crippen MR) is 107 cm³/mol. The highest BCUT2D eigenvalue weighted by atomic mass is 32.2. The van der Waals surface area contributed by atoms with Crippen molar-refractivity contribution in [3.63, 3.8) is 0 Å². The molecule has 8 nitrogen and oxygen atoms in total. The smallest absolute Gasteiger partial charge is 0.243 e. The minimum atomic E-state index is -3.55. The van der Waals surface area contributed by atoms with E-state index in [2.05, 4.69) is 16.4 Å². The van der Waals surface area contributed by atoms with Crippen molar-refractivity contribution in [3.05, 3.63) is 30.0 Å². The topological polar surface area (TPSA) is 108 Å². The number of nitriles is 1. The number of nitrogens with zero attached hydrogens (tertiary/aromatic N) is 3. The lowest BCUT2D eigenvalue weighted by atomic mass is 9.95. The maximum atomic E-state index is 12.7. The lowest BCUT2D eigenvalue weighted by Gasteiger charge is -2.26. The number of hydrogen-bond donors (Lipinski definition) is 1. The van der Waals surface area contributed by atoms with Gasteiger partial charge in [0, 0.05) is 24.7 Å². The molecule has 0 bridgehead atoms. The summed E-state index contributed by atoms with van der Waals surface area (Å²) in [5.74, 6) is 0.689. The van der Waals surface area contributed by atoms with Crippen LogP contribution in [-0.2, 0) is 14.8 Å². The first-order valence-corrected chi connectivity index (χ1v) is 11.4. The van der Waals surface area contributed by atoms with Gasteiger partial charge in [0.05, 0.1) is 18.1 Å². The molecule has 2 heterocycles. The fourth-order valence-electron chi connectivity index (χ4n) is 3.76. The van der Waals surface area contributed by atoms with Gasteiger partial charge in [0.2, 0.25) is 27.5 Å². The second-order valence-corrected chi connectivity index (χ2v) is 9.27. The molecule has 0 radical (unpaired) electrons. The molecule has 29 heavy (non-hydrogen) atoms. The van der Waals surface area contributed by atoms with Crippen LogP contribution in [0.2, 0.25) is 0 Å². The van der Waals surface area contributed by atoms with Crippen molar-refractivity contribution < 1.29 is 17.6 Å². The third kappa shape index (κ3) is 4.29. The molecular weight excluding hydrogens is 392 g/mol. The molecule has 2 fully saturated rings. The molecule has 1 aromatic carbocycles. The largest absolute Gasteiger partial charge is 0.419 e. The zero-order valence-corrected chi connectivity index (χ0v) is 17.0. The molecule has 1 saturated carbocycles. The Balaban J connectivity index is 1.53. The monoisotopic (exact) mass is 416 g/mol. The minimum absolute atomic E-state index is 0.218. The summed E-state index contributed by atoms with van der Waals surface area (Å²) in [6, 6.07) is 8.77. The van der Waals surface area contributed by atoms with E-state index < -0.39 is 10.0 Å². The zero-order valence-electron chi connectivity index (χ0n) is 16.1. The van der Waals surface area contributed by atoms with Crippen LogP contribution in [0.25, 0.3) is 11.5 Å². The highest BCUT2D eigenvalue weighted by molar-refractivity contribution is 7.89. The zero-order chi connectivity index (χ0) is 20.3. The van der Waals surface area contributed by atoms with Crippen LogP contribution in [0.3, 0.4) is 0 Å². The number of nitrogens with one attached hydrogen (secondary N) is 1. The number of morpholine rings is 1. The van der Waals surface area contributed by atoms with E-state index >= 15 is 0 Å². The van der Waals surface area contributed by atoms with Gasteiger partial charge in [0.25, 0.3) is 0 Å². The number of oxazole rings is 1. The Hall–Kier alpha value is -2.41. The van der Waals surface area contributed by atoms with Gasteiger partial charge < -0.3 is 14.5 Å². The average molecular weight is 417 g/mol. The van der Waals surface area contributed by atoms with E-state index in [9.17, 15) is 13.7 Å². The summed E-state index contributed by atoms with van der Waals surface area (Å²) in [4.78, 5) is 4.50. The van der Waals surface area contributed by atoms with Crippen LogP contribution in [0, 0.1) is 11.3 Å². The molecule has 0 atom stereocenters. The van der Waals surface area contributed by atoms with Crippen LogP contribution in [0.5, 0.6) is 0 Å². The Morgan fingerprint density at radius 1 is 1.10 bits per heavy atom. The van der Waals surface area contributed by atoms with Crippen molar-refractivity contribution >= 4 is 15.9 Å². The number of anilines is 1. The molecule has 9 heteroatoms. The van der Waals surface area contributed by atoms with Crippen LogP contribution in [0.15, 0.2) is 33.6 Å². The normalized spacial score (nSPS) is 19.0. The third-order valence-corrected chi connectivity index (χ3v) is 7.30. The van der Waals surface area contributed by atoms with Gasteiger partial charge in [-0.1, -0.05) is 19.3 Å². The first-order chi connectivity index (χ1) is 14.1. The van der Waals surface area contributed by atoms with Crippen molar-refractivity contribution in [2.24, 2.45) is 0 Å². The number of hydrogen-bond acceptors (Lipinski definition) is 7. The standard InChI is InChI=1S/C20H24N4O4S/c21-14-18-20(22-16-4-2-1-3-5-16)28-19(23-18)15-6-8-17(9-7-15)29(25,26)24-10-12-27-13-11-24/h6-9,16,22H,1-5,10-13H2. The molecule has 4 rings (SSSR count). The van der Waals surface area contributed by atoms with E-state index in [1.165, 1.54) is 23.6 Å². The Morgan fingerprint density at radius 3 is 2.45 bits per heavy atom. The SMILES string of the molecule is N#Cc1nc(-c2ccc(S(=O)(=O)N3CCOCC3)cc2)oc1NC1CCCCC1. The highest BCUT2D eigenvalue weighted by Crippen LogP contribution is 2.29. The summed E-state index contributed by atoms with van der Waals surface area (Å²) < 4.78 is 37.9. The summed E-state index contributed by atoms with van der Waals surface area (Å²) in [5.41, 5.74) is 0.842. The van der Waals surface area contributed by atoms with Gasteiger partial charge in [0.1, 0.15) is 6.07 Å². The summed E-state index contributed by atoms with van der Waals surface area (Å²) >= 11 is 0. The van der Waals surface area contributed by atoms with E-state index in [-0.39, 0.29) is 16.6 Å². The van der Waals surface area contributed by atoms with Crippen LogP contribution in [-0.4, -0.2) is 50.1 Å².